The maximum atomic E-state index is 10.6. The molecule has 0 aliphatic heterocycles. The first-order valence-corrected chi connectivity index (χ1v) is 7.51. The molecule has 3 N–H and O–H groups in total. The summed E-state index contributed by atoms with van der Waals surface area (Å²) in [6, 6.07) is 9.81. The van der Waals surface area contributed by atoms with Gasteiger partial charge in [-0.25, -0.2) is 0 Å². The Bertz CT molecular complexity index is 978. The molecule has 3 rings (SSSR count). The number of hydrogen-bond acceptors (Lipinski definition) is 6. The number of nitrogens with one attached hydrogen (secondary N) is 1. The maximum Gasteiger partial charge on any atom is 0.200 e. The summed E-state index contributed by atoms with van der Waals surface area (Å²) in [5.41, 5.74) is 2.93. The highest BCUT2D eigenvalue weighted by Gasteiger charge is 2.16. The highest BCUT2D eigenvalue weighted by Crippen LogP contribution is 2.33. The molecule has 0 atom stereocenters. The van der Waals surface area contributed by atoms with Gasteiger partial charge in [0.2, 0.25) is 0 Å². The Hall–Kier alpha value is -2.84. The lowest BCUT2D eigenvalue weighted by molar-refractivity contribution is 0.282. The summed E-state index contributed by atoms with van der Waals surface area (Å²) in [7, 11) is 0. The van der Waals surface area contributed by atoms with E-state index in [1.807, 2.05) is 25.1 Å². The molecule has 0 bridgehead atoms. The van der Waals surface area contributed by atoms with Crippen molar-refractivity contribution in [3.05, 3.63) is 57.2 Å². The van der Waals surface area contributed by atoms with Crippen molar-refractivity contribution in [2.45, 2.75) is 13.5 Å². The average molecular weight is 342 g/mol. The monoisotopic (exact) mass is 342 g/mol. The number of aromatic amines is 1. The predicted molar refractivity (Wildman–Crippen MR) is 92.0 cm³/mol. The molecule has 1 heterocycles. The molecular formula is C16H14N4O3S. The van der Waals surface area contributed by atoms with Crippen LogP contribution in [0.5, 0.6) is 5.75 Å². The van der Waals surface area contributed by atoms with Gasteiger partial charge in [0.25, 0.3) is 0 Å². The van der Waals surface area contributed by atoms with Gasteiger partial charge in [0, 0.05) is 6.07 Å². The van der Waals surface area contributed by atoms with E-state index >= 15 is 0 Å². The first-order valence-electron chi connectivity index (χ1n) is 7.10. The minimum absolute atomic E-state index is 0.0985. The molecule has 7 nitrogen and oxygen atoms in total. The molecule has 0 aliphatic rings. The maximum absolute atomic E-state index is 10.6. The first-order chi connectivity index (χ1) is 11.5. The highest BCUT2D eigenvalue weighted by atomic mass is 32.1. The zero-order valence-electron chi connectivity index (χ0n) is 12.7. The van der Waals surface area contributed by atoms with E-state index in [0.717, 1.165) is 16.8 Å². The Morgan fingerprint density at radius 3 is 2.75 bits per heavy atom. The van der Waals surface area contributed by atoms with Gasteiger partial charge >= 0.3 is 0 Å². The molecule has 122 valence electrons. The number of aryl methyl sites for hydroxylation is 1. The number of phenolic OH excluding ortho intramolecular Hbond substituents is 1. The normalized spacial score (nSPS) is 10.8. The van der Waals surface area contributed by atoms with E-state index < -0.39 is 0 Å². The molecule has 0 unspecified atom stereocenters. The third-order valence-corrected chi connectivity index (χ3v) is 3.97. The van der Waals surface area contributed by atoms with Crippen molar-refractivity contribution in [2.75, 3.05) is 0 Å². The number of aromatic nitrogens is 3. The number of rotatable bonds is 4. The van der Waals surface area contributed by atoms with Gasteiger partial charge < -0.3 is 10.2 Å². The SMILES string of the molecule is Cc1ccc(CO)cc1-n1c(-c2ccc(N=O)cc2O)n[nH]c1=S. The number of nitrogens with zero attached hydrogens (tertiary/aromatic N) is 3. The van der Waals surface area contributed by atoms with Crippen molar-refractivity contribution in [1.82, 2.24) is 14.8 Å². The number of benzene rings is 2. The van der Waals surface area contributed by atoms with Gasteiger partial charge in [-0.15, -0.1) is 4.91 Å². The van der Waals surface area contributed by atoms with E-state index in [4.69, 9.17) is 12.2 Å². The Labute approximate surface area is 142 Å². The third-order valence-electron chi connectivity index (χ3n) is 3.70. The van der Waals surface area contributed by atoms with Crippen LogP contribution in [-0.2, 0) is 6.61 Å². The number of aromatic hydroxyl groups is 1. The molecule has 0 saturated carbocycles. The molecule has 0 saturated heterocycles. The Morgan fingerprint density at radius 1 is 1.29 bits per heavy atom. The van der Waals surface area contributed by atoms with Crippen LogP contribution in [0, 0.1) is 16.6 Å². The molecule has 2 aromatic carbocycles. The van der Waals surface area contributed by atoms with E-state index in [2.05, 4.69) is 15.4 Å². The summed E-state index contributed by atoms with van der Waals surface area (Å²) >= 11 is 5.32. The minimum Gasteiger partial charge on any atom is -0.507 e. The molecule has 8 heteroatoms. The number of aliphatic hydroxyl groups is 1. The van der Waals surface area contributed by atoms with Crippen LogP contribution in [0.25, 0.3) is 17.1 Å². The van der Waals surface area contributed by atoms with Gasteiger partial charge in [-0.1, -0.05) is 12.1 Å². The summed E-state index contributed by atoms with van der Waals surface area (Å²) in [6.07, 6.45) is 0. The fourth-order valence-corrected chi connectivity index (χ4v) is 2.69. The second-order valence-electron chi connectivity index (χ2n) is 5.26. The summed E-state index contributed by atoms with van der Waals surface area (Å²) in [6.45, 7) is 1.81. The van der Waals surface area contributed by atoms with Gasteiger partial charge in [0.1, 0.15) is 11.4 Å². The van der Waals surface area contributed by atoms with Crippen molar-refractivity contribution < 1.29 is 10.2 Å². The van der Waals surface area contributed by atoms with Gasteiger partial charge in [-0.3, -0.25) is 9.67 Å². The lowest BCUT2D eigenvalue weighted by atomic mass is 10.1. The van der Waals surface area contributed by atoms with Crippen molar-refractivity contribution in [3.8, 4) is 22.8 Å². The second kappa shape index (κ2) is 6.34. The fraction of sp³-hybridized carbons (Fsp3) is 0.125. The highest BCUT2D eigenvalue weighted by molar-refractivity contribution is 7.71. The van der Waals surface area contributed by atoms with Gasteiger partial charge in [-0.2, -0.15) is 5.10 Å². The first kappa shape index (κ1) is 16.0. The molecular weight excluding hydrogens is 328 g/mol. The van der Waals surface area contributed by atoms with Crippen molar-refractivity contribution in [3.63, 3.8) is 0 Å². The van der Waals surface area contributed by atoms with E-state index in [-0.39, 0.29) is 18.0 Å². The van der Waals surface area contributed by atoms with Gasteiger partial charge in [0.15, 0.2) is 10.6 Å². The zero-order valence-corrected chi connectivity index (χ0v) is 13.5. The second-order valence-corrected chi connectivity index (χ2v) is 5.65. The number of phenols is 1. The smallest absolute Gasteiger partial charge is 0.200 e. The van der Waals surface area contributed by atoms with Crippen LogP contribution in [0.1, 0.15) is 11.1 Å². The fourth-order valence-electron chi connectivity index (χ4n) is 2.46. The van der Waals surface area contributed by atoms with Crippen molar-refractivity contribution >= 4 is 17.9 Å². The van der Waals surface area contributed by atoms with E-state index in [1.165, 1.54) is 12.1 Å². The average Bonchev–Trinajstić information content (AvgIpc) is 2.96. The van der Waals surface area contributed by atoms with E-state index in [9.17, 15) is 15.1 Å². The Morgan fingerprint density at radius 2 is 2.08 bits per heavy atom. The molecule has 3 aromatic rings. The Balaban J connectivity index is 2.24. The summed E-state index contributed by atoms with van der Waals surface area (Å²) < 4.78 is 2.02. The predicted octanol–water partition coefficient (Wildman–Crippen LogP) is 3.50. The molecule has 0 amide bonds. The lowest BCUT2D eigenvalue weighted by Crippen LogP contribution is -2.01. The van der Waals surface area contributed by atoms with Gasteiger partial charge in [-0.05, 0) is 53.6 Å². The minimum atomic E-state index is -0.127. The molecule has 0 spiro atoms. The van der Waals surface area contributed by atoms with Crippen LogP contribution in [0.2, 0.25) is 0 Å². The lowest BCUT2D eigenvalue weighted by Gasteiger charge is -2.12. The van der Waals surface area contributed by atoms with Crippen molar-refractivity contribution in [1.29, 1.82) is 0 Å². The number of aliphatic hydroxyl groups excluding tert-OH is 1. The van der Waals surface area contributed by atoms with E-state index in [1.54, 1.807) is 10.6 Å². The van der Waals surface area contributed by atoms with Crippen LogP contribution in [0.15, 0.2) is 41.6 Å². The molecule has 0 fully saturated rings. The zero-order chi connectivity index (χ0) is 17.3. The largest absolute Gasteiger partial charge is 0.507 e. The van der Waals surface area contributed by atoms with Crippen LogP contribution < -0.4 is 0 Å². The summed E-state index contributed by atoms with van der Waals surface area (Å²) in [5.74, 6) is 0.270. The van der Waals surface area contributed by atoms with Crippen LogP contribution >= 0.6 is 12.2 Å². The standard InChI is InChI=1S/C16H14N4O3S/c1-9-2-3-10(8-21)6-13(9)20-15(17-18-16(20)24)12-5-4-11(19-23)7-14(12)22/h2-7,21-22H,8H2,1H3,(H,18,24). The number of nitroso groups, excluding NO2 is 1. The quantitative estimate of drug-likeness (QED) is 0.497. The molecule has 0 aliphatic carbocycles. The topological polar surface area (TPSA) is 104 Å². The van der Waals surface area contributed by atoms with Gasteiger partial charge in [0.05, 0.1) is 17.9 Å². The molecule has 24 heavy (non-hydrogen) atoms. The van der Waals surface area contributed by atoms with E-state index in [0.29, 0.717) is 16.2 Å². The summed E-state index contributed by atoms with van der Waals surface area (Å²) in [5, 5.41) is 29.3. The van der Waals surface area contributed by atoms with Crippen LogP contribution in [0.4, 0.5) is 5.69 Å². The molecule has 0 radical (unpaired) electrons. The number of hydrogen-bond donors (Lipinski definition) is 3. The molecule has 1 aromatic heterocycles. The third kappa shape index (κ3) is 2.72. The van der Waals surface area contributed by atoms with Crippen LogP contribution in [0.3, 0.4) is 0 Å². The van der Waals surface area contributed by atoms with Crippen LogP contribution in [-0.4, -0.2) is 25.0 Å². The number of H-pyrrole nitrogens is 1. The van der Waals surface area contributed by atoms with Crippen molar-refractivity contribution in [2.24, 2.45) is 5.18 Å². The Kier molecular flexibility index (Phi) is 4.24. The summed E-state index contributed by atoms with van der Waals surface area (Å²) in [4.78, 5) is 10.6.